The Morgan fingerprint density at radius 2 is 1.09 bits per heavy atom. The zero-order chi connectivity index (χ0) is 35.4. The molecule has 0 saturated heterocycles. The number of benzene rings is 8. The maximum absolute atomic E-state index is 5.51. The Kier molecular flexibility index (Phi) is 6.22. The molecule has 0 saturated carbocycles. The van der Waals surface area contributed by atoms with Crippen molar-refractivity contribution in [2.45, 2.75) is 26.2 Å². The highest BCUT2D eigenvalue weighted by Crippen LogP contribution is 2.49. The lowest BCUT2D eigenvalue weighted by atomic mass is 9.69. The van der Waals surface area contributed by atoms with Gasteiger partial charge in [0, 0.05) is 33.0 Å². The Balaban J connectivity index is 1.16. The molecule has 2 heterocycles. The molecule has 1 aliphatic rings. The molecular formula is C50H35N3. The third-order valence-corrected chi connectivity index (χ3v) is 11.8. The molecular weight excluding hydrogens is 643 g/mol. The Hall–Kier alpha value is -6.58. The van der Waals surface area contributed by atoms with Crippen molar-refractivity contribution in [3.63, 3.8) is 0 Å². The van der Waals surface area contributed by atoms with Crippen LogP contribution in [-0.2, 0) is 5.41 Å². The van der Waals surface area contributed by atoms with Crippen molar-refractivity contribution >= 4 is 54.1 Å². The Morgan fingerprint density at radius 1 is 0.472 bits per heavy atom. The fourth-order valence-electron chi connectivity index (χ4n) is 9.26. The molecule has 53 heavy (non-hydrogen) atoms. The SMILES string of the molecule is Cc1c(-c2ccc3c4ccccc4c4ccccc4c3c2)c2ccccc2n1-c1nc2c3c(cccc3n1)C(C)(C)c1cc(-c3ccccc3)ccc1-2. The minimum absolute atomic E-state index is 0.216. The number of hydrogen-bond donors (Lipinski definition) is 0. The van der Waals surface area contributed by atoms with Crippen molar-refractivity contribution in [1.82, 2.24) is 14.5 Å². The second kappa shape index (κ2) is 11.0. The van der Waals surface area contributed by atoms with E-state index in [1.807, 2.05) is 0 Å². The Bertz CT molecular complexity index is 3110. The zero-order valence-corrected chi connectivity index (χ0v) is 29.9. The van der Waals surface area contributed by atoms with Gasteiger partial charge < -0.3 is 0 Å². The summed E-state index contributed by atoms with van der Waals surface area (Å²) in [4.78, 5) is 10.9. The summed E-state index contributed by atoms with van der Waals surface area (Å²) >= 11 is 0. The molecule has 11 rings (SSSR count). The number of nitrogens with zero attached hydrogens (tertiary/aromatic N) is 3. The summed E-state index contributed by atoms with van der Waals surface area (Å²) in [6, 6.07) is 57.4. The fourth-order valence-corrected chi connectivity index (χ4v) is 9.26. The van der Waals surface area contributed by atoms with Crippen molar-refractivity contribution in [2.75, 3.05) is 0 Å². The minimum Gasteiger partial charge on any atom is -0.282 e. The topological polar surface area (TPSA) is 30.7 Å². The largest absolute Gasteiger partial charge is 0.282 e. The van der Waals surface area contributed by atoms with Crippen LogP contribution >= 0.6 is 0 Å². The lowest BCUT2D eigenvalue weighted by Gasteiger charge is -2.35. The molecule has 3 nitrogen and oxygen atoms in total. The highest BCUT2D eigenvalue weighted by atomic mass is 15.2. The first-order chi connectivity index (χ1) is 26.0. The van der Waals surface area contributed by atoms with Gasteiger partial charge in [-0.3, -0.25) is 4.57 Å². The standard InChI is InChI=1S/C50H35N3/c1-30-46(33-25-26-38-36-18-8-7-16-34(36)35-17-9-10-19-37(35)41(38)28-33)40-20-11-12-23-45(40)53(30)49-51-44-22-13-21-42-47(44)48(52-49)39-27-24-32(29-43(39)50(42,2)3)31-14-5-4-6-15-31/h4-29H,1-3H3. The fraction of sp³-hybridized carbons (Fsp3) is 0.0800. The maximum Gasteiger partial charge on any atom is 0.235 e. The molecule has 0 bridgehead atoms. The van der Waals surface area contributed by atoms with Gasteiger partial charge in [0.15, 0.2) is 0 Å². The summed E-state index contributed by atoms with van der Waals surface area (Å²) in [6.45, 7) is 6.88. The monoisotopic (exact) mass is 677 g/mol. The third kappa shape index (κ3) is 4.22. The maximum atomic E-state index is 5.51. The second-order valence-corrected chi connectivity index (χ2v) is 15.0. The highest BCUT2D eigenvalue weighted by molar-refractivity contribution is 6.26. The predicted molar refractivity (Wildman–Crippen MR) is 222 cm³/mol. The van der Waals surface area contributed by atoms with Gasteiger partial charge in [-0.25, -0.2) is 9.97 Å². The molecule has 0 amide bonds. The molecule has 1 aliphatic carbocycles. The summed E-state index contributed by atoms with van der Waals surface area (Å²) in [5.41, 5.74) is 12.5. The summed E-state index contributed by atoms with van der Waals surface area (Å²) in [7, 11) is 0. The van der Waals surface area contributed by atoms with E-state index in [1.54, 1.807) is 0 Å². The molecule has 0 unspecified atom stereocenters. The summed E-state index contributed by atoms with van der Waals surface area (Å²) < 4.78 is 2.27. The van der Waals surface area contributed by atoms with E-state index in [-0.39, 0.29) is 5.41 Å². The summed E-state index contributed by atoms with van der Waals surface area (Å²) in [5.74, 6) is 0.694. The molecule has 0 fully saturated rings. The lowest BCUT2D eigenvalue weighted by molar-refractivity contribution is 0.644. The average molecular weight is 678 g/mol. The molecule has 0 N–H and O–H groups in total. The number of aromatic nitrogens is 3. The first kappa shape index (κ1) is 30.1. The zero-order valence-electron chi connectivity index (χ0n) is 29.9. The summed E-state index contributed by atoms with van der Waals surface area (Å²) in [6.07, 6.45) is 0. The van der Waals surface area contributed by atoms with Crippen LogP contribution in [0.4, 0.5) is 0 Å². The number of hydrogen-bond acceptors (Lipinski definition) is 2. The molecule has 3 heteroatoms. The normalized spacial score (nSPS) is 13.3. The van der Waals surface area contributed by atoms with Gasteiger partial charge >= 0.3 is 0 Å². The van der Waals surface area contributed by atoms with Crippen molar-refractivity contribution in [2.24, 2.45) is 0 Å². The van der Waals surface area contributed by atoms with E-state index in [0.717, 1.165) is 27.8 Å². The molecule has 250 valence electrons. The van der Waals surface area contributed by atoms with Gasteiger partial charge in [-0.05, 0) is 91.3 Å². The first-order valence-corrected chi connectivity index (χ1v) is 18.4. The minimum atomic E-state index is -0.216. The van der Waals surface area contributed by atoms with Gasteiger partial charge in [0.05, 0.1) is 16.7 Å². The van der Waals surface area contributed by atoms with E-state index in [1.165, 1.54) is 76.6 Å². The molecule has 0 radical (unpaired) electrons. The second-order valence-electron chi connectivity index (χ2n) is 15.0. The van der Waals surface area contributed by atoms with Crippen molar-refractivity contribution in [3.05, 3.63) is 175 Å². The van der Waals surface area contributed by atoms with Crippen LogP contribution in [0.2, 0.25) is 0 Å². The van der Waals surface area contributed by atoms with Crippen LogP contribution in [0.25, 0.3) is 93.6 Å². The van der Waals surface area contributed by atoms with Crippen LogP contribution in [0.3, 0.4) is 0 Å². The highest BCUT2D eigenvalue weighted by Gasteiger charge is 2.35. The molecule has 0 spiro atoms. The van der Waals surface area contributed by atoms with Crippen LogP contribution in [0.5, 0.6) is 0 Å². The lowest BCUT2D eigenvalue weighted by Crippen LogP contribution is -2.24. The molecule has 2 aromatic heterocycles. The molecule has 0 atom stereocenters. The van der Waals surface area contributed by atoms with E-state index in [0.29, 0.717) is 5.95 Å². The Labute approximate surface area is 307 Å². The summed E-state index contributed by atoms with van der Waals surface area (Å²) in [5, 5.41) is 9.99. The van der Waals surface area contributed by atoms with Crippen LogP contribution in [0.15, 0.2) is 158 Å². The van der Waals surface area contributed by atoms with E-state index in [2.05, 4.69) is 183 Å². The van der Waals surface area contributed by atoms with E-state index in [4.69, 9.17) is 9.97 Å². The average Bonchev–Trinajstić information content (AvgIpc) is 3.51. The Morgan fingerprint density at radius 3 is 1.83 bits per heavy atom. The van der Waals surface area contributed by atoms with Gasteiger partial charge in [-0.2, -0.15) is 0 Å². The molecule has 8 aromatic carbocycles. The van der Waals surface area contributed by atoms with Crippen LogP contribution in [-0.4, -0.2) is 14.5 Å². The van der Waals surface area contributed by atoms with Gasteiger partial charge in [-0.1, -0.05) is 147 Å². The third-order valence-electron chi connectivity index (χ3n) is 11.8. The predicted octanol–water partition coefficient (Wildman–Crippen LogP) is 13.0. The smallest absolute Gasteiger partial charge is 0.235 e. The van der Waals surface area contributed by atoms with Crippen molar-refractivity contribution in [1.29, 1.82) is 0 Å². The van der Waals surface area contributed by atoms with Crippen LogP contribution in [0.1, 0.15) is 30.7 Å². The molecule has 0 aliphatic heterocycles. The van der Waals surface area contributed by atoms with Crippen LogP contribution < -0.4 is 0 Å². The first-order valence-electron chi connectivity index (χ1n) is 18.4. The van der Waals surface area contributed by atoms with Gasteiger partial charge in [-0.15, -0.1) is 0 Å². The number of rotatable bonds is 3. The number of fused-ring (bicyclic) bond motifs is 9. The van der Waals surface area contributed by atoms with E-state index >= 15 is 0 Å². The van der Waals surface area contributed by atoms with Crippen molar-refractivity contribution in [3.8, 4) is 39.5 Å². The quantitative estimate of drug-likeness (QED) is 0.174. The van der Waals surface area contributed by atoms with Crippen LogP contribution in [0, 0.1) is 6.92 Å². The van der Waals surface area contributed by atoms with Crippen molar-refractivity contribution < 1.29 is 0 Å². The van der Waals surface area contributed by atoms with E-state index in [9.17, 15) is 0 Å². The van der Waals surface area contributed by atoms with Gasteiger partial charge in [0.25, 0.3) is 0 Å². The number of para-hydroxylation sites is 1. The van der Waals surface area contributed by atoms with Gasteiger partial charge in [0.1, 0.15) is 0 Å². The van der Waals surface area contributed by atoms with E-state index < -0.39 is 0 Å². The molecule has 10 aromatic rings. The van der Waals surface area contributed by atoms with Gasteiger partial charge in [0.2, 0.25) is 5.95 Å².